The zero-order valence-corrected chi connectivity index (χ0v) is 12.9. The Kier molecular flexibility index (Phi) is 4.25. The molecule has 1 aliphatic rings. The van der Waals surface area contributed by atoms with Crippen molar-refractivity contribution < 1.29 is 13.3 Å². The zero-order valence-electron chi connectivity index (χ0n) is 8.90. The maximum absolute atomic E-state index is 12.3. The number of sulfonamides is 1. The van der Waals surface area contributed by atoms with Crippen molar-refractivity contribution in [2.75, 3.05) is 13.2 Å². The molecule has 1 aliphatic heterocycles. The van der Waals surface area contributed by atoms with Crippen LogP contribution in [0.25, 0.3) is 0 Å². The Balaban J connectivity index is 2.37. The van der Waals surface area contributed by atoms with Crippen LogP contribution in [0.4, 0.5) is 0 Å². The normalized spacial score (nSPS) is 18.2. The summed E-state index contributed by atoms with van der Waals surface area (Å²) in [7, 11) is -3.57. The van der Waals surface area contributed by atoms with Gasteiger partial charge in [0, 0.05) is 15.5 Å². The Morgan fingerprint density at radius 2 is 2.00 bits per heavy atom. The van der Waals surface area contributed by atoms with E-state index in [4.69, 9.17) is 4.84 Å². The summed E-state index contributed by atoms with van der Waals surface area (Å²) in [4.78, 5) is 5.42. The summed E-state index contributed by atoms with van der Waals surface area (Å²) in [5.41, 5.74) is 0. The van der Waals surface area contributed by atoms with Gasteiger partial charge in [0.1, 0.15) is 0 Å². The third kappa shape index (κ3) is 2.90. The molecular formula is C10H11Br2NO3S. The van der Waals surface area contributed by atoms with Gasteiger partial charge in [-0.05, 0) is 47.0 Å². The first kappa shape index (κ1) is 13.5. The smallest absolute Gasteiger partial charge is 0.266 e. The van der Waals surface area contributed by atoms with Crippen LogP contribution in [0.5, 0.6) is 0 Å². The van der Waals surface area contributed by atoms with E-state index in [1.54, 1.807) is 18.2 Å². The van der Waals surface area contributed by atoms with Gasteiger partial charge in [0.2, 0.25) is 0 Å². The van der Waals surface area contributed by atoms with E-state index in [-0.39, 0.29) is 4.90 Å². The van der Waals surface area contributed by atoms with Crippen molar-refractivity contribution in [2.24, 2.45) is 0 Å². The second-order valence-corrected chi connectivity index (χ2v) is 7.21. The highest BCUT2D eigenvalue weighted by Crippen LogP contribution is 2.29. The third-order valence-electron chi connectivity index (χ3n) is 2.41. The second-order valence-electron chi connectivity index (χ2n) is 3.65. The third-order valence-corrected chi connectivity index (χ3v) is 5.56. The quantitative estimate of drug-likeness (QED) is 0.787. The molecule has 0 unspecified atom stereocenters. The van der Waals surface area contributed by atoms with Crippen LogP contribution in [-0.2, 0) is 14.9 Å². The van der Waals surface area contributed by atoms with Gasteiger partial charge in [-0.25, -0.2) is 8.42 Å². The lowest BCUT2D eigenvalue weighted by molar-refractivity contribution is -0.108. The van der Waals surface area contributed by atoms with Crippen molar-refractivity contribution in [1.82, 2.24) is 4.47 Å². The minimum Gasteiger partial charge on any atom is -0.284 e. The molecule has 7 heteroatoms. The van der Waals surface area contributed by atoms with Crippen molar-refractivity contribution in [1.29, 1.82) is 0 Å². The Morgan fingerprint density at radius 3 is 2.59 bits per heavy atom. The van der Waals surface area contributed by atoms with Gasteiger partial charge in [0.15, 0.2) is 0 Å². The fourth-order valence-corrected chi connectivity index (χ4v) is 4.57. The topological polar surface area (TPSA) is 46.6 Å². The first-order valence-corrected chi connectivity index (χ1v) is 8.15. The maximum Gasteiger partial charge on any atom is 0.266 e. The summed E-state index contributed by atoms with van der Waals surface area (Å²) in [6.07, 6.45) is 1.72. The zero-order chi connectivity index (χ0) is 12.5. The van der Waals surface area contributed by atoms with Gasteiger partial charge in [-0.2, -0.15) is 0 Å². The highest BCUT2D eigenvalue weighted by Gasteiger charge is 2.29. The molecule has 17 heavy (non-hydrogen) atoms. The van der Waals surface area contributed by atoms with E-state index < -0.39 is 10.0 Å². The first-order valence-electron chi connectivity index (χ1n) is 5.12. The van der Waals surface area contributed by atoms with E-state index in [2.05, 4.69) is 31.9 Å². The van der Waals surface area contributed by atoms with Crippen LogP contribution in [0.1, 0.15) is 12.8 Å². The summed E-state index contributed by atoms with van der Waals surface area (Å²) in [6.45, 7) is 0.859. The lowest BCUT2D eigenvalue weighted by Gasteiger charge is -2.25. The molecular weight excluding hydrogens is 374 g/mol. The Labute approximate surface area is 117 Å². The highest BCUT2D eigenvalue weighted by molar-refractivity contribution is 9.11. The van der Waals surface area contributed by atoms with Crippen molar-refractivity contribution in [2.45, 2.75) is 17.7 Å². The van der Waals surface area contributed by atoms with Gasteiger partial charge in [0.05, 0.1) is 11.5 Å². The molecule has 2 rings (SSSR count). The number of hydroxylamine groups is 1. The fraction of sp³-hybridized carbons (Fsp3) is 0.400. The molecule has 1 fully saturated rings. The summed E-state index contributed by atoms with van der Waals surface area (Å²) in [6, 6.07) is 4.96. The summed E-state index contributed by atoms with van der Waals surface area (Å²) in [5.74, 6) is 0. The van der Waals surface area contributed by atoms with Gasteiger partial charge in [-0.15, -0.1) is 0 Å². The molecule has 0 spiro atoms. The minimum absolute atomic E-state index is 0.225. The lowest BCUT2D eigenvalue weighted by Crippen LogP contribution is -2.35. The monoisotopic (exact) mass is 383 g/mol. The number of hydrogen-bond donors (Lipinski definition) is 0. The SMILES string of the molecule is O=S(=O)(c1ccc(Br)cc1Br)N1CCCCO1. The molecule has 0 aromatic heterocycles. The van der Waals surface area contributed by atoms with E-state index in [0.29, 0.717) is 17.6 Å². The molecule has 4 nitrogen and oxygen atoms in total. The van der Waals surface area contributed by atoms with E-state index in [1.807, 2.05) is 0 Å². The van der Waals surface area contributed by atoms with E-state index in [1.165, 1.54) is 0 Å². The number of benzene rings is 1. The highest BCUT2D eigenvalue weighted by atomic mass is 79.9. The molecule has 0 aliphatic carbocycles. The van der Waals surface area contributed by atoms with Gasteiger partial charge in [-0.3, -0.25) is 4.84 Å². The molecule has 94 valence electrons. The summed E-state index contributed by atoms with van der Waals surface area (Å²) < 4.78 is 27.0. The fourth-order valence-electron chi connectivity index (χ4n) is 1.56. The molecule has 0 atom stereocenters. The van der Waals surface area contributed by atoms with Crippen LogP contribution in [-0.4, -0.2) is 26.0 Å². The summed E-state index contributed by atoms with van der Waals surface area (Å²) in [5, 5.41) is 0. The number of rotatable bonds is 2. The van der Waals surface area contributed by atoms with Gasteiger partial charge >= 0.3 is 0 Å². The van der Waals surface area contributed by atoms with Gasteiger partial charge < -0.3 is 0 Å². The van der Waals surface area contributed by atoms with Crippen LogP contribution in [0.3, 0.4) is 0 Å². The molecule has 0 amide bonds. The largest absolute Gasteiger partial charge is 0.284 e. The molecule has 0 saturated carbocycles. The average Bonchev–Trinajstić information content (AvgIpc) is 2.29. The van der Waals surface area contributed by atoms with E-state index in [0.717, 1.165) is 21.8 Å². The first-order chi connectivity index (χ1) is 8.01. The minimum atomic E-state index is -3.57. The average molecular weight is 385 g/mol. The predicted molar refractivity (Wildman–Crippen MR) is 70.9 cm³/mol. The molecule has 0 bridgehead atoms. The van der Waals surface area contributed by atoms with Crippen molar-refractivity contribution in [3.8, 4) is 0 Å². The van der Waals surface area contributed by atoms with Crippen LogP contribution < -0.4 is 0 Å². The standard InChI is InChI=1S/C10H11Br2NO3S/c11-8-3-4-10(9(12)7-8)17(14,15)13-5-1-2-6-16-13/h3-4,7H,1-2,5-6H2. The maximum atomic E-state index is 12.3. The Morgan fingerprint density at radius 1 is 1.24 bits per heavy atom. The van der Waals surface area contributed by atoms with Crippen LogP contribution in [0.15, 0.2) is 32.0 Å². The van der Waals surface area contributed by atoms with Gasteiger partial charge in [0.25, 0.3) is 10.0 Å². The Bertz CT molecular complexity index is 512. The van der Waals surface area contributed by atoms with E-state index >= 15 is 0 Å². The molecule has 0 radical (unpaired) electrons. The number of halogens is 2. The van der Waals surface area contributed by atoms with Crippen LogP contribution in [0, 0.1) is 0 Å². The molecule has 1 heterocycles. The Hall–Kier alpha value is 0.0500. The van der Waals surface area contributed by atoms with Crippen LogP contribution in [0.2, 0.25) is 0 Å². The lowest BCUT2D eigenvalue weighted by atomic mass is 10.3. The van der Waals surface area contributed by atoms with Crippen molar-refractivity contribution in [3.63, 3.8) is 0 Å². The van der Waals surface area contributed by atoms with Crippen molar-refractivity contribution in [3.05, 3.63) is 27.1 Å². The number of nitrogens with zero attached hydrogens (tertiary/aromatic N) is 1. The molecule has 1 aromatic rings. The molecule has 1 aromatic carbocycles. The predicted octanol–water partition coefficient (Wildman–Crippen LogP) is 2.93. The summed E-state index contributed by atoms with van der Waals surface area (Å²) >= 11 is 6.55. The second kappa shape index (κ2) is 5.36. The molecule has 0 N–H and O–H groups in total. The van der Waals surface area contributed by atoms with Gasteiger partial charge in [-0.1, -0.05) is 20.4 Å². The van der Waals surface area contributed by atoms with E-state index in [9.17, 15) is 8.42 Å². The molecule has 1 saturated heterocycles. The van der Waals surface area contributed by atoms with Crippen molar-refractivity contribution >= 4 is 41.9 Å². The number of hydrogen-bond acceptors (Lipinski definition) is 3. The van der Waals surface area contributed by atoms with Crippen LogP contribution >= 0.6 is 31.9 Å².